The van der Waals surface area contributed by atoms with Gasteiger partial charge in [-0.15, -0.1) is 0 Å². The molecule has 84 valence electrons. The number of hydrogen-bond donors (Lipinski definition) is 0. The van der Waals surface area contributed by atoms with Crippen molar-refractivity contribution < 1.29 is 8.42 Å². The number of benzene rings is 1. The Morgan fingerprint density at radius 3 is 2.75 bits per heavy atom. The largest absolute Gasteiger partial charge is 0.212 e. The van der Waals surface area contributed by atoms with Gasteiger partial charge in [-0.2, -0.15) is 9.57 Å². The minimum Gasteiger partial charge on any atom is -0.212 e. The smallest absolute Gasteiger partial charge is 0.212 e. The van der Waals surface area contributed by atoms with Crippen LogP contribution in [0, 0.1) is 11.3 Å². The fraction of sp³-hybridized carbons (Fsp3) is 0.364. The van der Waals surface area contributed by atoms with Gasteiger partial charge in [-0.25, -0.2) is 8.42 Å². The van der Waals surface area contributed by atoms with Crippen LogP contribution in [0.2, 0.25) is 0 Å². The van der Waals surface area contributed by atoms with Gasteiger partial charge in [0.2, 0.25) is 10.0 Å². The second-order valence-electron chi connectivity index (χ2n) is 3.89. The summed E-state index contributed by atoms with van der Waals surface area (Å²) >= 11 is 0. The summed E-state index contributed by atoms with van der Waals surface area (Å²) in [6.07, 6.45) is 1.84. The summed E-state index contributed by atoms with van der Waals surface area (Å²) in [4.78, 5) is 0. The molecular weight excluding hydrogens is 224 g/mol. The first kappa shape index (κ1) is 11.1. The predicted molar refractivity (Wildman–Crippen MR) is 60.0 cm³/mol. The van der Waals surface area contributed by atoms with Gasteiger partial charge in [-0.1, -0.05) is 24.3 Å². The highest BCUT2D eigenvalue weighted by molar-refractivity contribution is 7.88. The minimum absolute atomic E-state index is 0.0855. The first-order chi connectivity index (χ1) is 7.54. The Labute approximate surface area is 95.2 Å². The standard InChI is InChI=1S/C11H12N2O2S/c1-16(14,15)13(7-6-12)11-8-9-4-2-3-5-10(9)11/h2-5,11H,7-8H2,1H3. The Morgan fingerprint density at radius 1 is 1.50 bits per heavy atom. The van der Waals surface area contributed by atoms with Gasteiger partial charge in [0.05, 0.1) is 18.4 Å². The van der Waals surface area contributed by atoms with Crippen molar-refractivity contribution in [3.05, 3.63) is 35.4 Å². The highest BCUT2D eigenvalue weighted by Crippen LogP contribution is 2.38. The van der Waals surface area contributed by atoms with Gasteiger partial charge < -0.3 is 0 Å². The highest BCUT2D eigenvalue weighted by atomic mass is 32.2. The maximum Gasteiger partial charge on any atom is 0.212 e. The average molecular weight is 236 g/mol. The Bertz CT molecular complexity index is 545. The minimum atomic E-state index is -3.32. The molecule has 1 aliphatic rings. The summed E-state index contributed by atoms with van der Waals surface area (Å²) in [5.74, 6) is 0. The van der Waals surface area contributed by atoms with Gasteiger partial charge in [-0.3, -0.25) is 0 Å². The molecule has 0 radical (unpaired) electrons. The van der Waals surface area contributed by atoms with Gasteiger partial charge >= 0.3 is 0 Å². The molecular formula is C11H12N2O2S. The molecule has 0 fully saturated rings. The van der Waals surface area contributed by atoms with Crippen molar-refractivity contribution in [3.63, 3.8) is 0 Å². The fourth-order valence-electron chi connectivity index (χ4n) is 2.02. The molecule has 0 saturated carbocycles. The second-order valence-corrected chi connectivity index (χ2v) is 5.82. The number of hydrogen-bond acceptors (Lipinski definition) is 3. The lowest BCUT2D eigenvalue weighted by Gasteiger charge is -2.36. The van der Waals surface area contributed by atoms with Crippen LogP contribution < -0.4 is 0 Å². The molecule has 1 unspecified atom stereocenters. The van der Waals surface area contributed by atoms with E-state index in [0.717, 1.165) is 11.8 Å². The fourth-order valence-corrected chi connectivity index (χ4v) is 2.96. The third-order valence-electron chi connectivity index (χ3n) is 2.83. The maximum atomic E-state index is 11.5. The quantitative estimate of drug-likeness (QED) is 0.737. The molecule has 0 aromatic heterocycles. The molecule has 4 nitrogen and oxygen atoms in total. The number of fused-ring (bicyclic) bond motifs is 1. The summed E-state index contributed by atoms with van der Waals surface area (Å²) in [6, 6.07) is 9.46. The molecule has 0 spiro atoms. The van der Waals surface area contributed by atoms with Crippen molar-refractivity contribution in [2.45, 2.75) is 12.5 Å². The van der Waals surface area contributed by atoms with E-state index in [0.29, 0.717) is 6.42 Å². The van der Waals surface area contributed by atoms with Crippen LogP contribution in [0.1, 0.15) is 17.2 Å². The average Bonchev–Trinajstić information content (AvgIpc) is 2.17. The molecule has 0 aliphatic heterocycles. The SMILES string of the molecule is CS(=O)(=O)N(CC#N)C1Cc2ccccc21. The zero-order chi connectivity index (χ0) is 11.8. The van der Waals surface area contributed by atoms with E-state index in [1.807, 2.05) is 30.3 Å². The van der Waals surface area contributed by atoms with Crippen molar-refractivity contribution in [3.8, 4) is 6.07 Å². The van der Waals surface area contributed by atoms with Crippen molar-refractivity contribution >= 4 is 10.0 Å². The normalized spacial score (nSPS) is 18.7. The Morgan fingerprint density at radius 2 is 2.19 bits per heavy atom. The van der Waals surface area contributed by atoms with Crippen LogP contribution in [0.5, 0.6) is 0 Å². The summed E-state index contributed by atoms with van der Waals surface area (Å²) in [7, 11) is -3.32. The molecule has 0 amide bonds. The summed E-state index contributed by atoms with van der Waals surface area (Å²) in [5, 5.41) is 8.66. The van der Waals surface area contributed by atoms with E-state index in [4.69, 9.17) is 5.26 Å². The third kappa shape index (κ3) is 1.82. The molecule has 0 bridgehead atoms. The van der Waals surface area contributed by atoms with Crippen molar-refractivity contribution in [1.82, 2.24) is 4.31 Å². The predicted octanol–water partition coefficient (Wildman–Crippen LogP) is 1.07. The number of rotatable bonds is 3. The van der Waals surface area contributed by atoms with Crippen LogP contribution in [-0.4, -0.2) is 25.5 Å². The first-order valence-corrected chi connectivity index (χ1v) is 6.80. The summed E-state index contributed by atoms with van der Waals surface area (Å²) in [5.41, 5.74) is 2.18. The van der Waals surface area contributed by atoms with Gasteiger partial charge in [0, 0.05) is 0 Å². The molecule has 1 aliphatic carbocycles. The monoisotopic (exact) mass is 236 g/mol. The van der Waals surface area contributed by atoms with E-state index in [2.05, 4.69) is 0 Å². The lowest BCUT2D eigenvalue weighted by atomic mass is 9.83. The number of nitrogens with zero attached hydrogens (tertiary/aromatic N) is 2. The van der Waals surface area contributed by atoms with E-state index in [-0.39, 0.29) is 12.6 Å². The molecule has 2 rings (SSSR count). The van der Waals surface area contributed by atoms with Gasteiger partial charge in [0.15, 0.2) is 0 Å². The third-order valence-corrected chi connectivity index (χ3v) is 4.06. The molecule has 1 aromatic carbocycles. The molecule has 1 aromatic rings. The van der Waals surface area contributed by atoms with Gasteiger partial charge in [0.25, 0.3) is 0 Å². The van der Waals surface area contributed by atoms with E-state index >= 15 is 0 Å². The Kier molecular flexibility index (Phi) is 2.70. The first-order valence-electron chi connectivity index (χ1n) is 4.95. The van der Waals surface area contributed by atoms with Gasteiger partial charge in [0.1, 0.15) is 6.54 Å². The number of nitriles is 1. The molecule has 0 N–H and O–H groups in total. The van der Waals surface area contributed by atoms with Crippen LogP contribution in [0.4, 0.5) is 0 Å². The van der Waals surface area contributed by atoms with Gasteiger partial charge in [-0.05, 0) is 17.5 Å². The Hall–Kier alpha value is -1.38. The highest BCUT2D eigenvalue weighted by Gasteiger charge is 2.35. The molecule has 5 heteroatoms. The summed E-state index contributed by atoms with van der Waals surface area (Å²) in [6.45, 7) is -0.0855. The van der Waals surface area contributed by atoms with Crippen molar-refractivity contribution in [1.29, 1.82) is 5.26 Å². The van der Waals surface area contributed by atoms with Crippen LogP contribution in [0.25, 0.3) is 0 Å². The molecule has 16 heavy (non-hydrogen) atoms. The zero-order valence-electron chi connectivity index (χ0n) is 8.92. The molecule has 0 heterocycles. The lowest BCUT2D eigenvalue weighted by molar-refractivity contribution is 0.323. The van der Waals surface area contributed by atoms with Crippen LogP contribution in [0.15, 0.2) is 24.3 Å². The van der Waals surface area contributed by atoms with E-state index in [1.54, 1.807) is 0 Å². The van der Waals surface area contributed by atoms with Crippen molar-refractivity contribution in [2.24, 2.45) is 0 Å². The summed E-state index contributed by atoms with van der Waals surface area (Å²) < 4.78 is 24.3. The van der Waals surface area contributed by atoms with Crippen LogP contribution in [0.3, 0.4) is 0 Å². The second kappa shape index (κ2) is 3.89. The maximum absolute atomic E-state index is 11.5. The molecule has 0 saturated heterocycles. The van der Waals surface area contributed by atoms with E-state index in [1.165, 1.54) is 9.87 Å². The van der Waals surface area contributed by atoms with Crippen LogP contribution >= 0.6 is 0 Å². The van der Waals surface area contributed by atoms with Crippen molar-refractivity contribution in [2.75, 3.05) is 12.8 Å². The number of sulfonamides is 1. The lowest BCUT2D eigenvalue weighted by Crippen LogP contribution is -2.40. The molecule has 1 atom stereocenters. The van der Waals surface area contributed by atoms with Crippen LogP contribution in [-0.2, 0) is 16.4 Å². The van der Waals surface area contributed by atoms with E-state index in [9.17, 15) is 8.42 Å². The zero-order valence-corrected chi connectivity index (χ0v) is 9.74. The Balaban J connectivity index is 2.31. The van der Waals surface area contributed by atoms with E-state index < -0.39 is 10.0 Å². The topological polar surface area (TPSA) is 61.2 Å².